The van der Waals surface area contributed by atoms with Crippen molar-refractivity contribution >= 4 is 34.2 Å². The molecule has 6 heteroatoms. The van der Waals surface area contributed by atoms with Crippen LogP contribution in [0.1, 0.15) is 24.0 Å². The van der Waals surface area contributed by atoms with Crippen molar-refractivity contribution in [1.29, 1.82) is 0 Å². The standard InChI is InChI=1S/C23H20N2O4/c26-21-12-17(13-25(21)19-7-4-14-2-1-3-15(14)11-19)23(28)24-18-6-8-20-16(10-18)5-9-22(27)29-20/h4-11,17H,1-3,12-13H2,(H,24,28). The van der Waals surface area contributed by atoms with E-state index in [1.807, 2.05) is 6.07 Å². The Hall–Kier alpha value is -3.41. The number of nitrogens with zero attached hydrogens (tertiary/aromatic N) is 1. The number of hydrogen-bond donors (Lipinski definition) is 1. The largest absolute Gasteiger partial charge is 0.423 e. The molecule has 1 saturated heterocycles. The van der Waals surface area contributed by atoms with Crippen molar-refractivity contribution in [3.8, 4) is 0 Å². The van der Waals surface area contributed by atoms with Gasteiger partial charge in [0.15, 0.2) is 0 Å². The summed E-state index contributed by atoms with van der Waals surface area (Å²) in [7, 11) is 0. The Morgan fingerprint density at radius 3 is 2.76 bits per heavy atom. The summed E-state index contributed by atoms with van der Waals surface area (Å²) < 4.78 is 5.11. The van der Waals surface area contributed by atoms with Crippen LogP contribution in [-0.4, -0.2) is 18.4 Å². The predicted octanol–water partition coefficient (Wildman–Crippen LogP) is 3.27. The van der Waals surface area contributed by atoms with E-state index in [2.05, 4.69) is 17.4 Å². The van der Waals surface area contributed by atoms with E-state index in [4.69, 9.17) is 4.42 Å². The molecule has 1 aliphatic heterocycles. The molecule has 6 nitrogen and oxygen atoms in total. The van der Waals surface area contributed by atoms with E-state index in [9.17, 15) is 14.4 Å². The van der Waals surface area contributed by atoms with Gasteiger partial charge in [0, 0.05) is 35.8 Å². The first-order valence-corrected chi connectivity index (χ1v) is 9.84. The molecule has 2 amide bonds. The van der Waals surface area contributed by atoms with Crippen LogP contribution in [0.25, 0.3) is 11.0 Å². The number of carbonyl (C=O) groups is 2. The Bertz CT molecular complexity index is 1200. The van der Waals surface area contributed by atoms with Crippen molar-refractivity contribution < 1.29 is 14.0 Å². The van der Waals surface area contributed by atoms with Crippen LogP contribution in [-0.2, 0) is 22.4 Å². The number of fused-ring (bicyclic) bond motifs is 2. The predicted molar refractivity (Wildman–Crippen MR) is 110 cm³/mol. The monoisotopic (exact) mass is 388 g/mol. The molecule has 1 unspecified atom stereocenters. The Kier molecular flexibility index (Phi) is 4.19. The molecule has 5 rings (SSSR count). The van der Waals surface area contributed by atoms with Gasteiger partial charge in [0.25, 0.3) is 0 Å². The molecular formula is C23H20N2O4. The van der Waals surface area contributed by atoms with Gasteiger partial charge in [-0.1, -0.05) is 6.07 Å². The van der Waals surface area contributed by atoms with Gasteiger partial charge in [-0.3, -0.25) is 9.59 Å². The third-order valence-electron chi connectivity index (χ3n) is 5.78. The Labute approximate surface area is 167 Å². The molecule has 0 radical (unpaired) electrons. The zero-order chi connectivity index (χ0) is 20.0. The SMILES string of the molecule is O=C(Nc1ccc2oc(=O)ccc2c1)C1CC(=O)N(c2ccc3c(c2)CCC3)C1. The first-order valence-electron chi connectivity index (χ1n) is 9.84. The molecule has 29 heavy (non-hydrogen) atoms. The Morgan fingerprint density at radius 1 is 1.00 bits per heavy atom. The van der Waals surface area contributed by atoms with Crippen LogP contribution in [0.4, 0.5) is 11.4 Å². The number of anilines is 2. The van der Waals surface area contributed by atoms with Gasteiger partial charge in [0.05, 0.1) is 5.92 Å². The third kappa shape index (κ3) is 3.31. The first-order chi connectivity index (χ1) is 14.1. The summed E-state index contributed by atoms with van der Waals surface area (Å²) in [6, 6.07) is 14.3. The first kappa shape index (κ1) is 17.7. The summed E-state index contributed by atoms with van der Waals surface area (Å²) in [4.78, 5) is 38.3. The average Bonchev–Trinajstić information content (AvgIpc) is 3.34. The van der Waals surface area contributed by atoms with Gasteiger partial charge in [-0.05, 0) is 66.8 Å². The van der Waals surface area contributed by atoms with Crippen LogP contribution in [0.5, 0.6) is 0 Å². The lowest BCUT2D eigenvalue weighted by Gasteiger charge is -2.18. The summed E-state index contributed by atoms with van der Waals surface area (Å²) in [5.41, 5.74) is 4.22. The molecule has 1 atom stereocenters. The molecule has 1 aliphatic carbocycles. The van der Waals surface area contributed by atoms with Crippen molar-refractivity contribution in [2.24, 2.45) is 5.92 Å². The Morgan fingerprint density at radius 2 is 1.86 bits per heavy atom. The fourth-order valence-corrected chi connectivity index (χ4v) is 4.25. The molecular weight excluding hydrogens is 368 g/mol. The highest BCUT2D eigenvalue weighted by Gasteiger charge is 2.35. The molecule has 1 N–H and O–H groups in total. The molecule has 2 heterocycles. The average molecular weight is 388 g/mol. The number of carbonyl (C=O) groups excluding carboxylic acids is 2. The molecule has 146 valence electrons. The van der Waals surface area contributed by atoms with E-state index in [0.717, 1.165) is 30.3 Å². The minimum absolute atomic E-state index is 0.0246. The third-order valence-corrected chi connectivity index (χ3v) is 5.78. The lowest BCUT2D eigenvalue weighted by atomic mass is 10.1. The minimum Gasteiger partial charge on any atom is -0.423 e. The summed E-state index contributed by atoms with van der Waals surface area (Å²) in [6.45, 7) is 0.381. The van der Waals surface area contributed by atoms with Crippen LogP contribution in [0.15, 0.2) is 57.7 Å². The number of amides is 2. The van der Waals surface area contributed by atoms with Gasteiger partial charge in [-0.25, -0.2) is 4.79 Å². The maximum absolute atomic E-state index is 12.8. The second kappa shape index (κ2) is 6.88. The lowest BCUT2D eigenvalue weighted by Crippen LogP contribution is -2.28. The minimum atomic E-state index is -0.412. The summed E-state index contributed by atoms with van der Waals surface area (Å²) in [6.07, 6.45) is 3.51. The molecule has 0 bridgehead atoms. The maximum atomic E-state index is 12.8. The van der Waals surface area contributed by atoms with Crippen LogP contribution < -0.4 is 15.8 Å². The lowest BCUT2D eigenvalue weighted by molar-refractivity contribution is -0.122. The molecule has 0 spiro atoms. The molecule has 2 aliphatic rings. The Balaban J connectivity index is 1.31. The van der Waals surface area contributed by atoms with E-state index >= 15 is 0 Å². The van der Waals surface area contributed by atoms with Crippen molar-refractivity contribution in [2.75, 3.05) is 16.8 Å². The summed E-state index contributed by atoms with van der Waals surface area (Å²) >= 11 is 0. The molecule has 3 aromatic rings. The normalized spacial score (nSPS) is 18.3. The topological polar surface area (TPSA) is 79.6 Å². The van der Waals surface area contributed by atoms with E-state index in [1.54, 1.807) is 29.2 Å². The van der Waals surface area contributed by atoms with Crippen molar-refractivity contribution in [3.63, 3.8) is 0 Å². The highest BCUT2D eigenvalue weighted by molar-refractivity contribution is 6.04. The van der Waals surface area contributed by atoms with Gasteiger partial charge in [0.1, 0.15) is 5.58 Å². The van der Waals surface area contributed by atoms with Gasteiger partial charge in [-0.2, -0.15) is 0 Å². The fourth-order valence-electron chi connectivity index (χ4n) is 4.25. The number of nitrogens with one attached hydrogen (secondary N) is 1. The fraction of sp³-hybridized carbons (Fsp3) is 0.261. The van der Waals surface area contributed by atoms with Crippen LogP contribution in [0.3, 0.4) is 0 Å². The quantitative estimate of drug-likeness (QED) is 0.699. The van der Waals surface area contributed by atoms with Crippen molar-refractivity contribution in [1.82, 2.24) is 0 Å². The zero-order valence-electron chi connectivity index (χ0n) is 15.8. The number of aryl methyl sites for hydroxylation is 2. The van der Waals surface area contributed by atoms with E-state index in [1.165, 1.54) is 17.2 Å². The van der Waals surface area contributed by atoms with Crippen molar-refractivity contribution in [3.05, 3.63) is 70.1 Å². The van der Waals surface area contributed by atoms with Gasteiger partial charge < -0.3 is 14.6 Å². The highest BCUT2D eigenvalue weighted by atomic mass is 16.4. The number of rotatable bonds is 3. The molecule has 1 fully saturated rings. The molecule has 1 aromatic heterocycles. The summed E-state index contributed by atoms with van der Waals surface area (Å²) in [5, 5.41) is 3.61. The van der Waals surface area contributed by atoms with Crippen LogP contribution in [0.2, 0.25) is 0 Å². The maximum Gasteiger partial charge on any atom is 0.336 e. The second-order valence-corrected chi connectivity index (χ2v) is 7.71. The number of benzene rings is 2. The summed E-state index contributed by atoms with van der Waals surface area (Å²) in [5.74, 6) is -0.609. The van der Waals surface area contributed by atoms with Crippen molar-refractivity contribution in [2.45, 2.75) is 25.7 Å². The van der Waals surface area contributed by atoms with Crippen LogP contribution >= 0.6 is 0 Å². The van der Waals surface area contributed by atoms with Gasteiger partial charge >= 0.3 is 5.63 Å². The van der Waals surface area contributed by atoms with E-state index < -0.39 is 11.5 Å². The van der Waals surface area contributed by atoms with Gasteiger partial charge in [-0.15, -0.1) is 0 Å². The second-order valence-electron chi connectivity index (χ2n) is 7.71. The highest BCUT2D eigenvalue weighted by Crippen LogP contribution is 2.31. The van der Waals surface area contributed by atoms with E-state index in [0.29, 0.717) is 17.8 Å². The number of hydrogen-bond acceptors (Lipinski definition) is 4. The van der Waals surface area contributed by atoms with Crippen LogP contribution in [0, 0.1) is 5.92 Å². The zero-order valence-corrected chi connectivity index (χ0v) is 15.8. The van der Waals surface area contributed by atoms with E-state index in [-0.39, 0.29) is 18.2 Å². The smallest absolute Gasteiger partial charge is 0.336 e. The van der Waals surface area contributed by atoms with Gasteiger partial charge in [0.2, 0.25) is 11.8 Å². The molecule has 2 aromatic carbocycles. The molecule has 0 saturated carbocycles.